The average Bonchev–Trinajstić information content (AvgIpc) is 2.31. The molecular weight excluding hydrogens is 258 g/mol. The van der Waals surface area contributed by atoms with E-state index in [-0.39, 0.29) is 18.1 Å². The Labute approximate surface area is 97.4 Å². The molecule has 2 rings (SSSR count). The number of fused-ring (bicyclic) bond motifs is 1. The highest BCUT2D eigenvalue weighted by molar-refractivity contribution is 7.92. The second-order valence-corrected chi connectivity index (χ2v) is 6.41. The minimum atomic E-state index is -3.33. The molecule has 0 N–H and O–H groups in total. The third-order valence-electron chi connectivity index (χ3n) is 2.64. The summed E-state index contributed by atoms with van der Waals surface area (Å²) in [6, 6.07) is 0. The van der Waals surface area contributed by atoms with Crippen molar-refractivity contribution in [1.82, 2.24) is 4.90 Å². The molecule has 0 spiro atoms. The average molecular weight is 268 g/mol. The number of β-lactam (4-membered cyclic amide) rings is 1. The van der Waals surface area contributed by atoms with Gasteiger partial charge in [-0.2, -0.15) is 0 Å². The molecule has 0 bridgehead atoms. The number of ketones is 1. The summed E-state index contributed by atoms with van der Waals surface area (Å²) < 4.78 is 28.1. The summed E-state index contributed by atoms with van der Waals surface area (Å²) in [4.78, 5) is 23.2. The van der Waals surface area contributed by atoms with Crippen molar-refractivity contribution in [3.8, 4) is 0 Å². The number of carbonyl (C=O) groups excluding carboxylic acids is 2. The summed E-state index contributed by atoms with van der Waals surface area (Å²) in [5, 5.41) is -0.791. The van der Waals surface area contributed by atoms with Crippen LogP contribution in [0.15, 0.2) is 0 Å². The third-order valence-corrected chi connectivity index (χ3v) is 5.03. The maximum Gasteiger partial charge on any atom is 0.228 e. The number of halogens is 1. The number of amides is 1. The molecule has 2 fully saturated rings. The smallest absolute Gasteiger partial charge is 0.228 e. The van der Waals surface area contributed by atoms with Gasteiger partial charge in [0.25, 0.3) is 0 Å². The fraction of sp³-hybridized carbons (Fsp3) is 0.750. The van der Waals surface area contributed by atoms with Gasteiger partial charge in [0.15, 0.2) is 21.2 Å². The maximum absolute atomic E-state index is 11.5. The van der Waals surface area contributed by atoms with Crippen LogP contribution in [0.25, 0.3) is 0 Å². The van der Waals surface area contributed by atoms with Crippen LogP contribution in [0.3, 0.4) is 0 Å². The molecule has 90 valence electrons. The van der Waals surface area contributed by atoms with Crippen molar-refractivity contribution in [1.29, 1.82) is 0 Å². The van der Waals surface area contributed by atoms with Gasteiger partial charge in [-0.25, -0.2) is 8.42 Å². The molecule has 2 heterocycles. The number of hydrogen-bond donors (Lipinski definition) is 0. The molecule has 2 aliphatic rings. The van der Waals surface area contributed by atoms with Crippen LogP contribution in [0, 0.1) is 0 Å². The molecule has 0 radical (unpaired) electrons. The van der Waals surface area contributed by atoms with Crippen molar-refractivity contribution in [3.63, 3.8) is 0 Å². The number of Topliss-reactive ketones (excluding diaryl/α,β-unsaturated/α-hetero) is 1. The van der Waals surface area contributed by atoms with Gasteiger partial charge < -0.3 is 4.74 Å². The fourth-order valence-corrected chi connectivity index (χ4v) is 3.75. The minimum Gasteiger partial charge on any atom is -0.331 e. The Morgan fingerprint density at radius 2 is 2.25 bits per heavy atom. The van der Waals surface area contributed by atoms with E-state index in [0.29, 0.717) is 0 Å². The first-order valence-electron chi connectivity index (χ1n) is 4.65. The Bertz CT molecular complexity index is 447. The van der Waals surface area contributed by atoms with E-state index in [1.165, 1.54) is 6.92 Å². The molecule has 2 aliphatic heterocycles. The second kappa shape index (κ2) is 3.68. The zero-order chi connectivity index (χ0) is 12.1. The highest BCUT2D eigenvalue weighted by Gasteiger charge is 2.56. The van der Waals surface area contributed by atoms with Crippen LogP contribution in [0.5, 0.6) is 0 Å². The molecule has 2 saturated heterocycles. The zero-order valence-electron chi connectivity index (χ0n) is 8.42. The van der Waals surface area contributed by atoms with Gasteiger partial charge >= 0.3 is 0 Å². The van der Waals surface area contributed by atoms with Crippen LogP contribution in [0.4, 0.5) is 0 Å². The summed E-state index contributed by atoms with van der Waals surface area (Å²) in [6.45, 7) is 1.23. The highest BCUT2D eigenvalue weighted by Crippen LogP contribution is 2.35. The predicted molar refractivity (Wildman–Crippen MR) is 54.2 cm³/mol. The van der Waals surface area contributed by atoms with Gasteiger partial charge in [0.2, 0.25) is 5.91 Å². The largest absolute Gasteiger partial charge is 0.331 e. The van der Waals surface area contributed by atoms with Crippen molar-refractivity contribution in [2.75, 3.05) is 5.75 Å². The molecule has 8 heteroatoms. The topological polar surface area (TPSA) is 80.8 Å². The van der Waals surface area contributed by atoms with E-state index in [1.807, 2.05) is 0 Å². The lowest BCUT2D eigenvalue weighted by Gasteiger charge is -2.36. The SMILES string of the molecule is CC(=O)C(Cl)OC1CS(=O)(=O)[C@H]2CC(=O)N12. The zero-order valence-corrected chi connectivity index (χ0v) is 9.99. The number of nitrogens with zero attached hydrogens (tertiary/aromatic N) is 1. The van der Waals surface area contributed by atoms with Gasteiger partial charge in [0, 0.05) is 0 Å². The van der Waals surface area contributed by atoms with E-state index in [2.05, 4.69) is 0 Å². The lowest BCUT2D eigenvalue weighted by Crippen LogP contribution is -2.55. The molecule has 0 aliphatic carbocycles. The Morgan fingerprint density at radius 1 is 1.62 bits per heavy atom. The molecule has 6 nitrogen and oxygen atoms in total. The Hall–Kier alpha value is -0.660. The molecule has 2 unspecified atom stereocenters. The van der Waals surface area contributed by atoms with E-state index in [4.69, 9.17) is 16.3 Å². The van der Waals surface area contributed by atoms with Gasteiger partial charge in [-0.05, 0) is 6.92 Å². The van der Waals surface area contributed by atoms with Crippen LogP contribution >= 0.6 is 11.6 Å². The van der Waals surface area contributed by atoms with E-state index < -0.39 is 32.8 Å². The number of sulfone groups is 1. The standard InChI is InChI=1S/C8H10ClNO5S/c1-4(11)8(9)15-6-3-16(13,14)7-2-5(12)10(6)7/h6-8H,2-3H2,1H3/t6?,7-,8?/m0/s1. The van der Waals surface area contributed by atoms with Crippen LogP contribution < -0.4 is 0 Å². The summed E-state index contributed by atoms with van der Waals surface area (Å²) in [7, 11) is -3.33. The van der Waals surface area contributed by atoms with Crippen molar-refractivity contribution in [2.45, 2.75) is 30.5 Å². The van der Waals surface area contributed by atoms with Crippen molar-refractivity contribution in [3.05, 3.63) is 0 Å². The summed E-state index contributed by atoms with van der Waals surface area (Å²) in [5.74, 6) is -1.00. The predicted octanol–water partition coefficient (Wildman–Crippen LogP) is -0.530. The van der Waals surface area contributed by atoms with Crippen molar-refractivity contribution >= 4 is 33.1 Å². The molecular formula is C8H10ClNO5S. The van der Waals surface area contributed by atoms with Crippen LogP contribution in [-0.2, 0) is 24.2 Å². The quantitative estimate of drug-likeness (QED) is 0.507. The monoisotopic (exact) mass is 267 g/mol. The van der Waals surface area contributed by atoms with Gasteiger partial charge in [0.1, 0.15) is 11.6 Å². The highest BCUT2D eigenvalue weighted by atomic mass is 35.5. The van der Waals surface area contributed by atoms with Gasteiger partial charge in [-0.15, -0.1) is 0 Å². The van der Waals surface area contributed by atoms with Crippen LogP contribution in [0.2, 0.25) is 0 Å². The van der Waals surface area contributed by atoms with Crippen molar-refractivity contribution in [2.24, 2.45) is 0 Å². The fourth-order valence-electron chi connectivity index (χ4n) is 1.78. The van der Waals surface area contributed by atoms with E-state index in [0.717, 1.165) is 4.90 Å². The van der Waals surface area contributed by atoms with Gasteiger partial charge in [-0.3, -0.25) is 14.5 Å². The number of hydrogen-bond acceptors (Lipinski definition) is 5. The van der Waals surface area contributed by atoms with E-state index in [1.54, 1.807) is 0 Å². The maximum atomic E-state index is 11.5. The molecule has 3 atom stereocenters. The third kappa shape index (κ3) is 1.72. The summed E-state index contributed by atoms with van der Waals surface area (Å²) in [5.41, 5.74) is -1.22. The Kier molecular flexibility index (Phi) is 2.72. The minimum absolute atomic E-state index is 0.00474. The lowest BCUT2D eigenvalue weighted by molar-refractivity contribution is -0.161. The first-order valence-corrected chi connectivity index (χ1v) is 6.81. The molecule has 0 aromatic rings. The lowest BCUT2D eigenvalue weighted by atomic mass is 10.2. The number of ether oxygens (including phenoxy) is 1. The van der Waals surface area contributed by atoms with Gasteiger partial charge in [-0.1, -0.05) is 11.6 Å². The Balaban J connectivity index is 2.12. The number of rotatable bonds is 3. The molecule has 1 amide bonds. The number of alkyl halides is 1. The normalized spacial score (nSPS) is 33.1. The molecule has 0 aromatic carbocycles. The van der Waals surface area contributed by atoms with Gasteiger partial charge in [0.05, 0.1) is 12.2 Å². The second-order valence-electron chi connectivity index (χ2n) is 3.81. The first-order chi connectivity index (χ1) is 7.33. The molecule has 0 aromatic heterocycles. The summed E-state index contributed by atoms with van der Waals surface area (Å²) in [6.07, 6.45) is -0.933. The van der Waals surface area contributed by atoms with E-state index >= 15 is 0 Å². The molecule has 16 heavy (non-hydrogen) atoms. The first kappa shape index (κ1) is 11.8. The van der Waals surface area contributed by atoms with Crippen LogP contribution in [-0.4, -0.2) is 47.9 Å². The molecule has 0 saturated carbocycles. The van der Waals surface area contributed by atoms with Crippen molar-refractivity contribution < 1.29 is 22.7 Å². The Morgan fingerprint density at radius 3 is 2.75 bits per heavy atom. The van der Waals surface area contributed by atoms with Crippen LogP contribution in [0.1, 0.15) is 13.3 Å². The van der Waals surface area contributed by atoms with E-state index in [9.17, 15) is 18.0 Å². The summed E-state index contributed by atoms with van der Waals surface area (Å²) >= 11 is 5.57. The number of carbonyl (C=O) groups is 2.